The standard InChI is InChI=1S/C18H26N2O2/c21-18(14-22-13-10-16-8-3-4-11-19-16)20-12-5-7-15-6-1-2-9-17(15)20/h1-2,6,9,16,19H,3-5,7-8,10-14H2. The third kappa shape index (κ3) is 3.87. The third-order valence-electron chi connectivity index (χ3n) is 4.66. The Morgan fingerprint density at radius 1 is 1.27 bits per heavy atom. The maximum atomic E-state index is 12.4. The van der Waals surface area contributed by atoms with E-state index in [1.54, 1.807) is 0 Å². The van der Waals surface area contributed by atoms with Gasteiger partial charge in [0.15, 0.2) is 0 Å². The van der Waals surface area contributed by atoms with Gasteiger partial charge in [0.25, 0.3) is 5.91 Å². The fourth-order valence-electron chi connectivity index (χ4n) is 3.43. The molecule has 2 aliphatic rings. The molecule has 2 heterocycles. The van der Waals surface area contributed by atoms with E-state index in [0.717, 1.165) is 38.0 Å². The normalized spacial score (nSPS) is 21.5. The molecule has 120 valence electrons. The van der Waals surface area contributed by atoms with Gasteiger partial charge in [0.05, 0.1) is 0 Å². The molecule has 1 saturated heterocycles. The number of nitrogens with one attached hydrogen (secondary N) is 1. The molecule has 0 aromatic heterocycles. The zero-order valence-electron chi connectivity index (χ0n) is 13.2. The highest BCUT2D eigenvalue weighted by Gasteiger charge is 2.22. The average molecular weight is 302 g/mol. The van der Waals surface area contributed by atoms with E-state index in [4.69, 9.17) is 4.74 Å². The number of aryl methyl sites for hydroxylation is 1. The number of para-hydroxylation sites is 1. The lowest BCUT2D eigenvalue weighted by Crippen LogP contribution is -2.38. The highest BCUT2D eigenvalue weighted by atomic mass is 16.5. The van der Waals surface area contributed by atoms with Crippen LogP contribution in [0.5, 0.6) is 0 Å². The summed E-state index contributed by atoms with van der Waals surface area (Å²) in [4.78, 5) is 14.3. The number of fused-ring (bicyclic) bond motifs is 1. The number of amides is 1. The molecule has 1 unspecified atom stereocenters. The number of hydrogen-bond acceptors (Lipinski definition) is 3. The van der Waals surface area contributed by atoms with Gasteiger partial charge in [-0.05, 0) is 50.3 Å². The van der Waals surface area contributed by atoms with Crippen LogP contribution < -0.4 is 10.2 Å². The summed E-state index contributed by atoms with van der Waals surface area (Å²) in [6, 6.07) is 8.77. The van der Waals surface area contributed by atoms with Gasteiger partial charge >= 0.3 is 0 Å². The number of benzene rings is 1. The SMILES string of the molecule is O=C(COCCC1CCCCN1)N1CCCc2ccccc21. The zero-order valence-corrected chi connectivity index (χ0v) is 13.2. The molecule has 2 aliphatic heterocycles. The third-order valence-corrected chi connectivity index (χ3v) is 4.66. The van der Waals surface area contributed by atoms with Crippen LogP contribution in [-0.2, 0) is 16.0 Å². The topological polar surface area (TPSA) is 41.6 Å². The number of piperidine rings is 1. The quantitative estimate of drug-likeness (QED) is 0.850. The maximum Gasteiger partial charge on any atom is 0.252 e. The van der Waals surface area contributed by atoms with Crippen LogP contribution in [0, 0.1) is 0 Å². The summed E-state index contributed by atoms with van der Waals surface area (Å²) in [7, 11) is 0. The smallest absolute Gasteiger partial charge is 0.252 e. The zero-order chi connectivity index (χ0) is 15.2. The van der Waals surface area contributed by atoms with Crippen LogP contribution in [0.3, 0.4) is 0 Å². The van der Waals surface area contributed by atoms with Crippen LogP contribution in [0.4, 0.5) is 5.69 Å². The molecular weight excluding hydrogens is 276 g/mol. The Morgan fingerprint density at radius 3 is 3.05 bits per heavy atom. The number of anilines is 1. The molecule has 3 rings (SSSR count). The van der Waals surface area contributed by atoms with Gasteiger partial charge in [-0.3, -0.25) is 4.79 Å². The molecule has 4 heteroatoms. The monoisotopic (exact) mass is 302 g/mol. The first-order valence-corrected chi connectivity index (χ1v) is 8.54. The fourth-order valence-corrected chi connectivity index (χ4v) is 3.43. The van der Waals surface area contributed by atoms with E-state index in [2.05, 4.69) is 11.4 Å². The molecule has 0 aliphatic carbocycles. The number of carbonyl (C=O) groups is 1. The average Bonchev–Trinajstić information content (AvgIpc) is 2.59. The molecule has 1 N–H and O–H groups in total. The lowest BCUT2D eigenvalue weighted by molar-refractivity contribution is -0.123. The van der Waals surface area contributed by atoms with Crippen LogP contribution in [-0.4, -0.2) is 38.3 Å². The number of hydrogen-bond donors (Lipinski definition) is 1. The molecule has 1 atom stereocenters. The molecule has 0 saturated carbocycles. The summed E-state index contributed by atoms with van der Waals surface area (Å²) in [6.07, 6.45) is 6.93. The molecule has 0 spiro atoms. The maximum absolute atomic E-state index is 12.4. The lowest BCUT2D eigenvalue weighted by atomic mass is 10.0. The van der Waals surface area contributed by atoms with Crippen molar-refractivity contribution in [1.29, 1.82) is 0 Å². The van der Waals surface area contributed by atoms with Crippen LogP contribution in [0.15, 0.2) is 24.3 Å². The van der Waals surface area contributed by atoms with Gasteiger partial charge in [-0.25, -0.2) is 0 Å². The number of nitrogens with zero attached hydrogens (tertiary/aromatic N) is 1. The van der Waals surface area contributed by atoms with E-state index in [-0.39, 0.29) is 12.5 Å². The molecular formula is C18H26N2O2. The van der Waals surface area contributed by atoms with Gasteiger partial charge in [0, 0.05) is 24.9 Å². The van der Waals surface area contributed by atoms with Crippen molar-refractivity contribution in [2.45, 2.75) is 44.6 Å². The van der Waals surface area contributed by atoms with E-state index < -0.39 is 0 Å². The second kappa shape index (κ2) is 7.75. The first-order valence-electron chi connectivity index (χ1n) is 8.54. The molecule has 1 amide bonds. The van der Waals surface area contributed by atoms with Crippen molar-refractivity contribution in [2.24, 2.45) is 0 Å². The Balaban J connectivity index is 1.44. The minimum Gasteiger partial charge on any atom is -0.372 e. The summed E-state index contributed by atoms with van der Waals surface area (Å²) in [6.45, 7) is 2.79. The minimum atomic E-state index is 0.0868. The van der Waals surface area contributed by atoms with Crippen molar-refractivity contribution in [1.82, 2.24) is 5.32 Å². The van der Waals surface area contributed by atoms with Crippen molar-refractivity contribution < 1.29 is 9.53 Å². The lowest BCUT2D eigenvalue weighted by Gasteiger charge is -2.29. The van der Waals surface area contributed by atoms with Gasteiger partial charge < -0.3 is 15.0 Å². The number of rotatable bonds is 5. The van der Waals surface area contributed by atoms with Crippen LogP contribution in [0.1, 0.15) is 37.7 Å². The second-order valence-electron chi connectivity index (χ2n) is 6.27. The van der Waals surface area contributed by atoms with Gasteiger partial charge in [-0.15, -0.1) is 0 Å². The van der Waals surface area contributed by atoms with Gasteiger partial charge in [-0.2, -0.15) is 0 Å². The van der Waals surface area contributed by atoms with Crippen molar-refractivity contribution in [3.8, 4) is 0 Å². The predicted molar refractivity (Wildman–Crippen MR) is 88.2 cm³/mol. The fraction of sp³-hybridized carbons (Fsp3) is 0.611. The van der Waals surface area contributed by atoms with E-state index >= 15 is 0 Å². The molecule has 4 nitrogen and oxygen atoms in total. The Kier molecular flexibility index (Phi) is 5.46. The summed E-state index contributed by atoms with van der Waals surface area (Å²) in [5.41, 5.74) is 2.34. The largest absolute Gasteiger partial charge is 0.372 e. The number of carbonyl (C=O) groups excluding carboxylic acids is 1. The Bertz CT molecular complexity index is 498. The van der Waals surface area contributed by atoms with Gasteiger partial charge in [-0.1, -0.05) is 24.6 Å². The molecule has 22 heavy (non-hydrogen) atoms. The highest BCUT2D eigenvalue weighted by Crippen LogP contribution is 2.26. The molecule has 1 aromatic rings. The van der Waals surface area contributed by atoms with Crippen molar-refractivity contribution in [3.05, 3.63) is 29.8 Å². The summed E-state index contributed by atoms with van der Waals surface area (Å²) in [5, 5.41) is 3.51. The van der Waals surface area contributed by atoms with Gasteiger partial charge in [0.1, 0.15) is 6.61 Å². The number of ether oxygens (including phenoxy) is 1. The van der Waals surface area contributed by atoms with Gasteiger partial charge in [0.2, 0.25) is 0 Å². The predicted octanol–water partition coefficient (Wildman–Crippen LogP) is 2.51. The molecule has 0 bridgehead atoms. The second-order valence-corrected chi connectivity index (χ2v) is 6.27. The van der Waals surface area contributed by atoms with Crippen LogP contribution in [0.2, 0.25) is 0 Å². The summed E-state index contributed by atoms with van der Waals surface area (Å²) < 4.78 is 5.64. The van der Waals surface area contributed by atoms with Crippen LogP contribution >= 0.6 is 0 Å². The van der Waals surface area contributed by atoms with E-state index in [9.17, 15) is 4.79 Å². The van der Waals surface area contributed by atoms with Crippen molar-refractivity contribution in [2.75, 3.05) is 31.2 Å². The minimum absolute atomic E-state index is 0.0868. The Labute approximate surface area is 132 Å². The molecule has 0 radical (unpaired) electrons. The molecule has 1 fully saturated rings. The van der Waals surface area contributed by atoms with E-state index in [0.29, 0.717) is 12.6 Å². The summed E-state index contributed by atoms with van der Waals surface area (Å²) in [5.74, 6) is 0.0868. The first-order chi connectivity index (χ1) is 10.8. The Hall–Kier alpha value is -1.39. The van der Waals surface area contributed by atoms with Crippen molar-refractivity contribution >= 4 is 11.6 Å². The van der Waals surface area contributed by atoms with Crippen LogP contribution in [0.25, 0.3) is 0 Å². The van der Waals surface area contributed by atoms with Crippen molar-refractivity contribution in [3.63, 3.8) is 0 Å². The first kappa shape index (κ1) is 15.5. The van der Waals surface area contributed by atoms with E-state index in [1.807, 2.05) is 23.1 Å². The van der Waals surface area contributed by atoms with E-state index in [1.165, 1.54) is 24.8 Å². The Morgan fingerprint density at radius 2 is 2.18 bits per heavy atom. The molecule has 1 aromatic carbocycles. The highest BCUT2D eigenvalue weighted by molar-refractivity contribution is 5.95. The summed E-state index contributed by atoms with van der Waals surface area (Å²) >= 11 is 0.